The molecule has 8 heteroatoms. The number of hydrogen-bond donors (Lipinski definition) is 1. The predicted octanol–water partition coefficient (Wildman–Crippen LogP) is 3.59. The smallest absolute Gasteiger partial charge is 0.339 e. The normalized spacial score (nSPS) is 11.8. The number of furan rings is 1. The molecule has 27 heavy (non-hydrogen) atoms. The molecule has 0 saturated carbocycles. The molecule has 1 aromatic heterocycles. The van der Waals surface area contributed by atoms with Gasteiger partial charge in [-0.3, -0.25) is 4.79 Å². The Morgan fingerprint density at radius 1 is 1.26 bits per heavy atom. The zero-order valence-corrected chi connectivity index (χ0v) is 16.3. The van der Waals surface area contributed by atoms with Crippen molar-refractivity contribution in [1.82, 2.24) is 5.32 Å². The summed E-state index contributed by atoms with van der Waals surface area (Å²) in [4.78, 5) is 24.4. The van der Waals surface area contributed by atoms with Crippen LogP contribution in [0.3, 0.4) is 0 Å². The molecule has 2 rings (SSSR count). The van der Waals surface area contributed by atoms with Gasteiger partial charge < -0.3 is 23.9 Å². The molecule has 0 radical (unpaired) electrons. The van der Waals surface area contributed by atoms with Crippen LogP contribution in [0.15, 0.2) is 34.9 Å². The van der Waals surface area contributed by atoms with E-state index in [-0.39, 0.29) is 23.2 Å². The fourth-order valence-corrected chi connectivity index (χ4v) is 2.46. The summed E-state index contributed by atoms with van der Waals surface area (Å²) in [6.07, 6.45) is 0.394. The first kappa shape index (κ1) is 20.6. The van der Waals surface area contributed by atoms with E-state index in [0.29, 0.717) is 17.3 Å². The first-order valence-corrected chi connectivity index (χ1v) is 8.74. The van der Waals surface area contributed by atoms with Crippen molar-refractivity contribution in [2.45, 2.75) is 39.5 Å². The van der Waals surface area contributed by atoms with E-state index in [9.17, 15) is 9.59 Å². The Labute approximate surface area is 162 Å². The molecule has 0 unspecified atom stereocenters. The number of benzene rings is 1. The van der Waals surface area contributed by atoms with Crippen LogP contribution in [0.2, 0.25) is 5.02 Å². The van der Waals surface area contributed by atoms with Crippen molar-refractivity contribution in [2.75, 3.05) is 7.11 Å². The molecule has 146 valence electrons. The van der Waals surface area contributed by atoms with Gasteiger partial charge in [0.2, 0.25) is 0 Å². The molecule has 0 aliphatic heterocycles. The van der Waals surface area contributed by atoms with Crippen LogP contribution in [0, 0.1) is 0 Å². The van der Waals surface area contributed by atoms with Crippen molar-refractivity contribution in [1.29, 1.82) is 0 Å². The first-order valence-electron chi connectivity index (χ1n) is 8.37. The lowest BCUT2D eigenvalue weighted by Crippen LogP contribution is -2.35. The molecular weight excluding hydrogens is 374 g/mol. The Kier molecular flexibility index (Phi) is 7.12. The Balaban J connectivity index is 2.03. The van der Waals surface area contributed by atoms with Crippen LogP contribution in [-0.2, 0) is 16.1 Å². The van der Waals surface area contributed by atoms with Gasteiger partial charge in [0, 0.05) is 0 Å². The van der Waals surface area contributed by atoms with E-state index in [1.54, 1.807) is 12.1 Å². The summed E-state index contributed by atoms with van der Waals surface area (Å²) >= 11 is 6.20. The predicted molar refractivity (Wildman–Crippen MR) is 99.2 cm³/mol. The van der Waals surface area contributed by atoms with Gasteiger partial charge in [-0.1, -0.05) is 11.6 Å². The Morgan fingerprint density at radius 3 is 2.59 bits per heavy atom. The van der Waals surface area contributed by atoms with Crippen LogP contribution in [0.1, 0.15) is 36.9 Å². The summed E-state index contributed by atoms with van der Waals surface area (Å²) in [6.45, 7) is 5.38. The maximum absolute atomic E-state index is 12.4. The van der Waals surface area contributed by atoms with Crippen molar-refractivity contribution < 1.29 is 28.2 Å². The quantitative estimate of drug-likeness (QED) is 0.687. The van der Waals surface area contributed by atoms with Crippen LogP contribution >= 0.6 is 11.6 Å². The number of carbonyl (C=O) groups is 2. The van der Waals surface area contributed by atoms with Crippen LogP contribution in [0.4, 0.5) is 0 Å². The van der Waals surface area contributed by atoms with Crippen molar-refractivity contribution >= 4 is 23.5 Å². The van der Waals surface area contributed by atoms with E-state index in [2.05, 4.69) is 5.32 Å². The maximum Gasteiger partial charge on any atom is 0.339 e. The Morgan fingerprint density at radius 2 is 2.00 bits per heavy atom. The minimum atomic E-state index is -0.996. The van der Waals surface area contributed by atoms with Gasteiger partial charge in [0.05, 0.1) is 36.6 Å². The van der Waals surface area contributed by atoms with Gasteiger partial charge in [-0.05, 0) is 45.0 Å². The highest BCUT2D eigenvalue weighted by molar-refractivity contribution is 6.32. The van der Waals surface area contributed by atoms with E-state index in [1.807, 2.05) is 13.8 Å². The number of carbonyl (C=O) groups excluding carboxylic acids is 2. The fourth-order valence-electron chi connectivity index (χ4n) is 2.20. The molecule has 0 aliphatic carbocycles. The number of rotatable bonds is 8. The van der Waals surface area contributed by atoms with Crippen LogP contribution in [-0.4, -0.2) is 31.2 Å². The highest BCUT2D eigenvalue weighted by Gasteiger charge is 2.22. The second-order valence-corrected chi connectivity index (χ2v) is 6.41. The third-order valence-electron chi connectivity index (χ3n) is 3.49. The molecule has 0 aliphatic rings. The largest absolute Gasteiger partial charge is 0.493 e. The second-order valence-electron chi connectivity index (χ2n) is 6.00. The van der Waals surface area contributed by atoms with Crippen LogP contribution in [0.5, 0.6) is 11.5 Å². The highest BCUT2D eigenvalue weighted by atomic mass is 35.5. The number of esters is 1. The van der Waals surface area contributed by atoms with Crippen molar-refractivity contribution in [3.05, 3.63) is 46.9 Å². The van der Waals surface area contributed by atoms with Gasteiger partial charge in [-0.15, -0.1) is 0 Å². The number of halogens is 1. The van der Waals surface area contributed by atoms with Gasteiger partial charge in [0.15, 0.2) is 17.6 Å². The van der Waals surface area contributed by atoms with Gasteiger partial charge >= 0.3 is 5.97 Å². The van der Waals surface area contributed by atoms with E-state index < -0.39 is 18.0 Å². The summed E-state index contributed by atoms with van der Waals surface area (Å²) in [5.74, 6) is 0.0942. The highest BCUT2D eigenvalue weighted by Crippen LogP contribution is 2.37. The standard InChI is InChI=1S/C19H22ClNO6/c1-11(2)26-17-15(20)8-13(9-16(17)24-4)19(23)27-12(3)18(22)21-10-14-6-5-7-25-14/h5-9,11-12H,10H2,1-4H3,(H,21,22)/t12-/m1/s1. The number of ether oxygens (including phenoxy) is 3. The summed E-state index contributed by atoms with van der Waals surface area (Å²) in [5, 5.41) is 2.84. The monoisotopic (exact) mass is 395 g/mol. The first-order chi connectivity index (χ1) is 12.8. The minimum Gasteiger partial charge on any atom is -0.493 e. The third-order valence-corrected chi connectivity index (χ3v) is 3.77. The zero-order chi connectivity index (χ0) is 20.0. The van der Waals surface area contributed by atoms with Gasteiger partial charge in [0.25, 0.3) is 5.91 Å². The van der Waals surface area contributed by atoms with E-state index in [4.69, 9.17) is 30.2 Å². The lowest BCUT2D eigenvalue weighted by Gasteiger charge is -2.17. The molecule has 0 saturated heterocycles. The summed E-state index contributed by atoms with van der Waals surface area (Å²) < 4.78 is 21.2. The van der Waals surface area contributed by atoms with E-state index in [0.717, 1.165) is 0 Å². The molecular formula is C19H22ClNO6. The molecule has 1 N–H and O–H groups in total. The van der Waals surface area contributed by atoms with Crippen LogP contribution < -0.4 is 14.8 Å². The molecule has 7 nitrogen and oxygen atoms in total. The molecule has 2 aromatic rings. The fraction of sp³-hybridized carbons (Fsp3) is 0.368. The van der Waals surface area contributed by atoms with E-state index in [1.165, 1.54) is 32.4 Å². The second kappa shape index (κ2) is 9.32. The molecule has 1 atom stereocenters. The van der Waals surface area contributed by atoms with Gasteiger partial charge in [-0.25, -0.2) is 4.79 Å². The number of amides is 1. The molecule has 0 spiro atoms. The molecule has 0 bridgehead atoms. The van der Waals surface area contributed by atoms with Gasteiger partial charge in [-0.2, -0.15) is 0 Å². The summed E-state index contributed by atoms with van der Waals surface area (Å²) in [5.41, 5.74) is 0.152. The zero-order valence-electron chi connectivity index (χ0n) is 15.6. The number of nitrogens with one attached hydrogen (secondary N) is 1. The number of hydrogen-bond acceptors (Lipinski definition) is 6. The lowest BCUT2D eigenvalue weighted by atomic mass is 10.2. The Bertz CT molecular complexity index is 788. The van der Waals surface area contributed by atoms with Crippen LogP contribution in [0.25, 0.3) is 0 Å². The summed E-state index contributed by atoms with van der Waals surface area (Å²) in [7, 11) is 1.44. The number of methoxy groups -OCH3 is 1. The molecule has 1 aromatic carbocycles. The Hall–Kier alpha value is -2.67. The molecule has 1 heterocycles. The van der Waals surface area contributed by atoms with Crippen molar-refractivity contribution in [2.24, 2.45) is 0 Å². The van der Waals surface area contributed by atoms with Crippen molar-refractivity contribution in [3.8, 4) is 11.5 Å². The third kappa shape index (κ3) is 5.65. The molecule has 1 amide bonds. The SMILES string of the molecule is COc1cc(C(=O)O[C@H](C)C(=O)NCc2ccco2)cc(Cl)c1OC(C)C. The minimum absolute atomic E-state index is 0.118. The van der Waals surface area contributed by atoms with Gasteiger partial charge in [0.1, 0.15) is 5.76 Å². The topological polar surface area (TPSA) is 87.0 Å². The van der Waals surface area contributed by atoms with Crippen molar-refractivity contribution in [3.63, 3.8) is 0 Å². The maximum atomic E-state index is 12.4. The average molecular weight is 396 g/mol. The molecule has 0 fully saturated rings. The summed E-state index contributed by atoms with van der Waals surface area (Å²) in [6, 6.07) is 6.32. The average Bonchev–Trinajstić information content (AvgIpc) is 3.14. The lowest BCUT2D eigenvalue weighted by molar-refractivity contribution is -0.129. The van der Waals surface area contributed by atoms with E-state index >= 15 is 0 Å².